The maximum absolute atomic E-state index is 12.0. The summed E-state index contributed by atoms with van der Waals surface area (Å²) in [4.78, 5) is 15.4. The molecular formula is C27H27N3O4. The standard InChI is InChI=1S/C24H20N2O3.C3H7NO/c1-28-19-13-21-22(26-15-19)23(27)12-11-20(17-5-3-2-4-6-17)24(23,29-21)18-9-7-16(14-25)8-10-18;1-4(2)3-5/h2-10,13,15,20,27H,11-12H2,1H3;3H,1-2H3. The number of carbonyl (C=O) groups excluding carboxylic acids is 1. The molecule has 1 saturated carbocycles. The molecule has 1 fully saturated rings. The Morgan fingerprint density at radius 2 is 1.88 bits per heavy atom. The number of aromatic nitrogens is 1. The van der Waals surface area contributed by atoms with Crippen molar-refractivity contribution in [2.75, 3.05) is 21.2 Å². The molecule has 0 spiro atoms. The van der Waals surface area contributed by atoms with Gasteiger partial charge in [-0.1, -0.05) is 42.5 Å². The van der Waals surface area contributed by atoms with E-state index in [0.717, 1.165) is 24.0 Å². The number of nitriles is 1. The highest BCUT2D eigenvalue weighted by molar-refractivity contribution is 5.52. The quantitative estimate of drug-likeness (QED) is 0.600. The Kier molecular flexibility index (Phi) is 6.27. The maximum atomic E-state index is 12.0. The van der Waals surface area contributed by atoms with Crippen LogP contribution >= 0.6 is 0 Å². The Morgan fingerprint density at radius 3 is 2.47 bits per heavy atom. The summed E-state index contributed by atoms with van der Waals surface area (Å²) in [6.07, 6.45) is 3.65. The molecule has 7 heteroatoms. The monoisotopic (exact) mass is 457 g/mol. The number of benzene rings is 2. The molecule has 1 aliphatic heterocycles. The second-order valence-electron chi connectivity index (χ2n) is 8.68. The van der Waals surface area contributed by atoms with E-state index in [1.54, 1.807) is 45.6 Å². The minimum Gasteiger partial charge on any atom is -0.495 e. The summed E-state index contributed by atoms with van der Waals surface area (Å²) in [6, 6.07) is 21.4. The van der Waals surface area contributed by atoms with Crippen LogP contribution in [0, 0.1) is 11.3 Å². The van der Waals surface area contributed by atoms with Gasteiger partial charge in [0.2, 0.25) is 6.41 Å². The number of pyridine rings is 1. The first-order valence-corrected chi connectivity index (χ1v) is 11.0. The van der Waals surface area contributed by atoms with Gasteiger partial charge in [0.1, 0.15) is 17.2 Å². The van der Waals surface area contributed by atoms with Gasteiger partial charge in [-0.2, -0.15) is 5.26 Å². The number of hydrogen-bond donors (Lipinski definition) is 1. The van der Waals surface area contributed by atoms with Crippen LogP contribution in [0.5, 0.6) is 11.5 Å². The molecular weight excluding hydrogens is 430 g/mol. The van der Waals surface area contributed by atoms with Crippen LogP contribution < -0.4 is 9.47 Å². The van der Waals surface area contributed by atoms with Crippen molar-refractivity contribution in [1.29, 1.82) is 5.26 Å². The average Bonchev–Trinajstić information content (AvgIpc) is 3.31. The van der Waals surface area contributed by atoms with Crippen molar-refractivity contribution in [2.45, 2.75) is 30.0 Å². The van der Waals surface area contributed by atoms with Crippen LogP contribution in [0.1, 0.15) is 41.1 Å². The van der Waals surface area contributed by atoms with Crippen molar-refractivity contribution >= 4 is 6.41 Å². The van der Waals surface area contributed by atoms with Crippen LogP contribution in [0.2, 0.25) is 0 Å². The number of nitrogens with zero attached hydrogens (tertiary/aromatic N) is 3. The first-order chi connectivity index (χ1) is 16.4. The third-order valence-electron chi connectivity index (χ3n) is 6.48. The smallest absolute Gasteiger partial charge is 0.209 e. The molecule has 34 heavy (non-hydrogen) atoms. The Labute approximate surface area is 199 Å². The van der Waals surface area contributed by atoms with Crippen molar-refractivity contribution in [3.63, 3.8) is 0 Å². The molecule has 5 rings (SSSR count). The lowest BCUT2D eigenvalue weighted by molar-refractivity contribution is -0.115. The van der Waals surface area contributed by atoms with Crippen LogP contribution in [0.4, 0.5) is 0 Å². The van der Waals surface area contributed by atoms with Gasteiger partial charge in [0.15, 0.2) is 11.2 Å². The molecule has 0 saturated heterocycles. The van der Waals surface area contributed by atoms with Crippen molar-refractivity contribution in [3.8, 4) is 17.6 Å². The predicted molar refractivity (Wildman–Crippen MR) is 126 cm³/mol. The van der Waals surface area contributed by atoms with Gasteiger partial charge in [-0.3, -0.25) is 9.78 Å². The van der Waals surface area contributed by atoms with Gasteiger partial charge in [-0.25, -0.2) is 0 Å². The van der Waals surface area contributed by atoms with Gasteiger partial charge in [0, 0.05) is 26.1 Å². The molecule has 2 aromatic carbocycles. The largest absolute Gasteiger partial charge is 0.495 e. The van der Waals surface area contributed by atoms with Gasteiger partial charge in [0.25, 0.3) is 0 Å². The molecule has 3 aromatic rings. The molecule has 2 heterocycles. The SMILES string of the molecule is CN(C)C=O.COc1cnc2c(c1)OC1(c3ccc(C#N)cc3)C(c3ccccc3)CCC21O. The molecule has 1 N–H and O–H groups in total. The number of hydrogen-bond acceptors (Lipinski definition) is 6. The molecule has 7 nitrogen and oxygen atoms in total. The topological polar surface area (TPSA) is 95.7 Å². The molecule has 1 amide bonds. The van der Waals surface area contributed by atoms with Gasteiger partial charge in [-0.15, -0.1) is 0 Å². The highest BCUT2D eigenvalue weighted by Gasteiger charge is 2.69. The van der Waals surface area contributed by atoms with E-state index in [1.807, 2.05) is 30.3 Å². The lowest BCUT2D eigenvalue weighted by Gasteiger charge is -2.39. The van der Waals surface area contributed by atoms with E-state index in [9.17, 15) is 15.2 Å². The first kappa shape index (κ1) is 23.3. The summed E-state index contributed by atoms with van der Waals surface area (Å²) < 4.78 is 11.9. The normalized spacial score (nSPS) is 23.9. The van der Waals surface area contributed by atoms with Crippen molar-refractivity contribution in [2.24, 2.45) is 0 Å². The predicted octanol–water partition coefficient (Wildman–Crippen LogP) is 3.72. The summed E-state index contributed by atoms with van der Waals surface area (Å²) in [7, 11) is 4.96. The fourth-order valence-corrected chi connectivity index (χ4v) is 4.96. The van der Waals surface area contributed by atoms with Gasteiger partial charge in [0.05, 0.1) is 24.9 Å². The van der Waals surface area contributed by atoms with Crippen LogP contribution in [0.3, 0.4) is 0 Å². The highest BCUT2D eigenvalue weighted by Crippen LogP contribution is 2.66. The zero-order chi connectivity index (χ0) is 24.3. The zero-order valence-electron chi connectivity index (χ0n) is 19.4. The Bertz CT molecular complexity index is 1210. The van der Waals surface area contributed by atoms with Gasteiger partial charge >= 0.3 is 0 Å². The number of amides is 1. The Morgan fingerprint density at radius 1 is 1.21 bits per heavy atom. The van der Waals surface area contributed by atoms with E-state index in [-0.39, 0.29) is 5.92 Å². The number of carbonyl (C=O) groups is 1. The molecule has 3 atom stereocenters. The third kappa shape index (κ3) is 3.66. The number of methoxy groups -OCH3 is 1. The summed E-state index contributed by atoms with van der Waals surface area (Å²) in [5, 5.41) is 21.2. The van der Waals surface area contributed by atoms with Crippen LogP contribution in [0.25, 0.3) is 0 Å². The summed E-state index contributed by atoms with van der Waals surface area (Å²) >= 11 is 0. The molecule has 2 aliphatic rings. The minimum absolute atomic E-state index is 0.0677. The summed E-state index contributed by atoms with van der Waals surface area (Å²) in [5.41, 5.74) is 0.752. The van der Waals surface area contributed by atoms with Crippen LogP contribution in [0.15, 0.2) is 66.9 Å². The molecule has 1 aliphatic carbocycles. The average molecular weight is 458 g/mol. The van der Waals surface area contributed by atoms with Crippen molar-refractivity contribution < 1.29 is 19.4 Å². The zero-order valence-corrected chi connectivity index (χ0v) is 19.4. The lowest BCUT2D eigenvalue weighted by atomic mass is 9.72. The van der Waals surface area contributed by atoms with E-state index in [4.69, 9.17) is 9.47 Å². The fraction of sp³-hybridized carbons (Fsp3) is 0.296. The van der Waals surface area contributed by atoms with E-state index < -0.39 is 11.2 Å². The van der Waals surface area contributed by atoms with E-state index in [0.29, 0.717) is 29.2 Å². The maximum Gasteiger partial charge on any atom is 0.209 e. The van der Waals surface area contributed by atoms with Crippen LogP contribution in [-0.4, -0.2) is 42.6 Å². The minimum atomic E-state index is -1.27. The Balaban J connectivity index is 0.000000499. The molecule has 3 unspecified atom stereocenters. The first-order valence-electron chi connectivity index (χ1n) is 11.0. The lowest BCUT2D eigenvalue weighted by Crippen LogP contribution is -2.48. The van der Waals surface area contributed by atoms with E-state index in [2.05, 4.69) is 23.2 Å². The summed E-state index contributed by atoms with van der Waals surface area (Å²) in [5.74, 6) is 1.05. The molecule has 0 radical (unpaired) electrons. The van der Waals surface area contributed by atoms with E-state index >= 15 is 0 Å². The molecule has 0 bridgehead atoms. The van der Waals surface area contributed by atoms with E-state index in [1.165, 1.54) is 4.90 Å². The molecule has 174 valence electrons. The number of ether oxygens (including phenoxy) is 2. The van der Waals surface area contributed by atoms with Gasteiger partial charge in [-0.05, 0) is 36.1 Å². The number of fused-ring (bicyclic) bond motifs is 3. The number of aliphatic hydroxyl groups is 1. The number of rotatable bonds is 4. The fourth-order valence-electron chi connectivity index (χ4n) is 4.96. The van der Waals surface area contributed by atoms with Crippen molar-refractivity contribution in [1.82, 2.24) is 9.88 Å². The second-order valence-corrected chi connectivity index (χ2v) is 8.68. The molecule has 1 aromatic heterocycles. The highest BCUT2D eigenvalue weighted by atomic mass is 16.5. The second kappa shape index (κ2) is 9.16. The van der Waals surface area contributed by atoms with Crippen LogP contribution in [-0.2, 0) is 16.0 Å². The third-order valence-corrected chi connectivity index (χ3v) is 6.48. The Hall–Kier alpha value is -3.89. The van der Waals surface area contributed by atoms with Crippen molar-refractivity contribution in [3.05, 3.63) is 89.2 Å². The van der Waals surface area contributed by atoms with Gasteiger partial charge < -0.3 is 19.5 Å². The summed E-state index contributed by atoms with van der Waals surface area (Å²) in [6.45, 7) is 0.